The largest absolute Gasteiger partial charge is 0.391 e. The molecule has 0 aromatic rings. The molecule has 0 amide bonds. The molecule has 3 aliphatic rings. The number of hydrogen-bond acceptors (Lipinski definition) is 6. The Kier molecular flexibility index (Phi) is 2.15. The molecule has 0 aromatic heterocycles. The molecule has 1 aliphatic carbocycles. The summed E-state index contributed by atoms with van der Waals surface area (Å²) in [5.74, 6) is -3.00. The van der Waals surface area contributed by atoms with Crippen molar-refractivity contribution in [2.24, 2.45) is 10.8 Å². The van der Waals surface area contributed by atoms with E-state index < -0.39 is 34.7 Å². The fraction of sp³-hybridized carbons (Fsp3) is 0.667. The van der Waals surface area contributed by atoms with Crippen LogP contribution >= 0.6 is 0 Å². The number of rotatable bonds is 0. The summed E-state index contributed by atoms with van der Waals surface area (Å²) in [4.78, 5) is 47.1. The summed E-state index contributed by atoms with van der Waals surface area (Å²) in [6, 6.07) is 0. The lowest BCUT2D eigenvalue weighted by Gasteiger charge is -2.51. The normalized spacial score (nSPS) is 28.9. The number of esters is 4. The lowest BCUT2D eigenvalue weighted by molar-refractivity contribution is -0.237. The fourth-order valence-electron chi connectivity index (χ4n) is 3.26. The summed E-state index contributed by atoms with van der Waals surface area (Å²) in [5.41, 5.74) is -3.19. The third-order valence-electron chi connectivity index (χ3n) is 4.35. The van der Waals surface area contributed by atoms with Crippen LogP contribution in [-0.4, -0.2) is 23.9 Å². The Morgan fingerprint density at radius 2 is 0.944 bits per heavy atom. The molecule has 2 spiro atoms. The van der Waals surface area contributed by atoms with Crippen LogP contribution in [0.2, 0.25) is 0 Å². The molecule has 0 aromatic carbocycles. The topological polar surface area (TPSA) is 86.7 Å². The predicted octanol–water partition coefficient (Wildman–Crippen LogP) is 0.480. The standard InChI is InChI=1S/C12H12O6/c13-7-11(8(14)17-7)5-3-1-2-4-6-12(11)9(15)18-10(12)16/h1-6H2. The van der Waals surface area contributed by atoms with Gasteiger partial charge in [0.05, 0.1) is 0 Å². The van der Waals surface area contributed by atoms with E-state index in [0.29, 0.717) is 12.8 Å². The molecule has 2 heterocycles. The van der Waals surface area contributed by atoms with Crippen LogP contribution in [0.15, 0.2) is 0 Å². The minimum atomic E-state index is -1.60. The number of ether oxygens (including phenoxy) is 2. The van der Waals surface area contributed by atoms with Crippen molar-refractivity contribution in [3.63, 3.8) is 0 Å². The fourth-order valence-corrected chi connectivity index (χ4v) is 3.26. The van der Waals surface area contributed by atoms with E-state index >= 15 is 0 Å². The third-order valence-corrected chi connectivity index (χ3v) is 4.35. The Labute approximate surface area is 103 Å². The molecule has 0 radical (unpaired) electrons. The number of carbonyl (C=O) groups excluding carboxylic acids is 4. The number of cyclic esters (lactones) is 4. The summed E-state index contributed by atoms with van der Waals surface area (Å²) in [7, 11) is 0. The first-order valence-corrected chi connectivity index (χ1v) is 6.09. The molecule has 6 heteroatoms. The molecule has 96 valence electrons. The molecule has 6 nitrogen and oxygen atoms in total. The van der Waals surface area contributed by atoms with Crippen molar-refractivity contribution in [3.05, 3.63) is 0 Å². The molecule has 3 fully saturated rings. The SMILES string of the molecule is O=C1OC(=O)C12CCCCCCC21C(=O)OC1=O. The van der Waals surface area contributed by atoms with Crippen molar-refractivity contribution in [1.29, 1.82) is 0 Å². The third kappa shape index (κ3) is 0.996. The number of carbonyl (C=O) groups is 4. The van der Waals surface area contributed by atoms with Crippen molar-refractivity contribution in [2.75, 3.05) is 0 Å². The number of fused-ring (bicyclic) bond motifs is 1. The van der Waals surface area contributed by atoms with Gasteiger partial charge >= 0.3 is 23.9 Å². The summed E-state index contributed by atoms with van der Waals surface area (Å²) in [6.07, 6.45) is 3.41. The first kappa shape index (κ1) is 11.4. The van der Waals surface area contributed by atoms with Crippen molar-refractivity contribution in [1.82, 2.24) is 0 Å². The highest BCUT2D eigenvalue weighted by Gasteiger charge is 2.81. The first-order valence-electron chi connectivity index (χ1n) is 6.09. The van der Waals surface area contributed by atoms with Crippen LogP contribution in [0.1, 0.15) is 38.5 Å². The van der Waals surface area contributed by atoms with Crippen molar-refractivity contribution < 1.29 is 28.7 Å². The zero-order valence-electron chi connectivity index (χ0n) is 9.69. The minimum Gasteiger partial charge on any atom is -0.391 e. The Morgan fingerprint density at radius 3 is 1.22 bits per heavy atom. The number of hydrogen-bond donors (Lipinski definition) is 0. The smallest absolute Gasteiger partial charge is 0.333 e. The molecule has 2 saturated heterocycles. The van der Waals surface area contributed by atoms with Gasteiger partial charge in [-0.05, 0) is 12.8 Å². The van der Waals surface area contributed by atoms with Crippen LogP contribution in [0, 0.1) is 10.8 Å². The van der Waals surface area contributed by atoms with Gasteiger partial charge in [-0.15, -0.1) is 0 Å². The Bertz CT molecular complexity index is 405. The summed E-state index contributed by atoms with van der Waals surface area (Å²) >= 11 is 0. The maximum atomic E-state index is 11.8. The van der Waals surface area contributed by atoms with Gasteiger partial charge in [0.2, 0.25) is 0 Å². The molecule has 0 atom stereocenters. The van der Waals surface area contributed by atoms with Gasteiger partial charge in [0.15, 0.2) is 10.8 Å². The zero-order chi connectivity index (χ0) is 13.0. The minimum absolute atomic E-state index is 0.200. The van der Waals surface area contributed by atoms with Gasteiger partial charge in [0, 0.05) is 0 Å². The highest BCUT2D eigenvalue weighted by Crippen LogP contribution is 2.59. The van der Waals surface area contributed by atoms with E-state index in [-0.39, 0.29) is 12.8 Å². The zero-order valence-corrected chi connectivity index (χ0v) is 9.69. The van der Waals surface area contributed by atoms with Gasteiger partial charge < -0.3 is 9.47 Å². The molecule has 0 unspecified atom stereocenters. The van der Waals surface area contributed by atoms with Crippen LogP contribution in [0.25, 0.3) is 0 Å². The van der Waals surface area contributed by atoms with Crippen LogP contribution in [-0.2, 0) is 28.7 Å². The first-order chi connectivity index (χ1) is 8.55. The van der Waals surface area contributed by atoms with E-state index in [4.69, 9.17) is 0 Å². The Hall–Kier alpha value is -1.72. The molecule has 2 aliphatic heterocycles. The maximum Gasteiger partial charge on any atom is 0.333 e. The van der Waals surface area contributed by atoms with E-state index in [1.807, 2.05) is 0 Å². The molecular weight excluding hydrogens is 240 g/mol. The highest BCUT2D eigenvalue weighted by atomic mass is 16.6. The maximum absolute atomic E-state index is 11.8. The van der Waals surface area contributed by atoms with Crippen LogP contribution in [0.5, 0.6) is 0 Å². The lowest BCUT2D eigenvalue weighted by Crippen LogP contribution is -2.73. The van der Waals surface area contributed by atoms with Gasteiger partial charge in [-0.1, -0.05) is 25.7 Å². The molecule has 0 bridgehead atoms. The quantitative estimate of drug-likeness (QED) is 0.460. The van der Waals surface area contributed by atoms with E-state index in [9.17, 15) is 19.2 Å². The van der Waals surface area contributed by atoms with Crippen LogP contribution in [0.3, 0.4) is 0 Å². The molecule has 18 heavy (non-hydrogen) atoms. The average Bonchev–Trinajstić information content (AvgIpc) is 2.28. The Morgan fingerprint density at radius 1 is 0.611 bits per heavy atom. The predicted molar refractivity (Wildman–Crippen MR) is 54.8 cm³/mol. The summed E-state index contributed by atoms with van der Waals surface area (Å²) in [5, 5.41) is 0. The monoisotopic (exact) mass is 252 g/mol. The second-order valence-corrected chi connectivity index (χ2v) is 5.08. The van der Waals surface area contributed by atoms with Crippen LogP contribution in [0.4, 0.5) is 0 Å². The van der Waals surface area contributed by atoms with Crippen molar-refractivity contribution >= 4 is 23.9 Å². The van der Waals surface area contributed by atoms with Crippen molar-refractivity contribution in [3.8, 4) is 0 Å². The van der Waals surface area contributed by atoms with E-state index in [0.717, 1.165) is 12.8 Å². The van der Waals surface area contributed by atoms with Gasteiger partial charge in [0.25, 0.3) is 0 Å². The van der Waals surface area contributed by atoms with Gasteiger partial charge in [0.1, 0.15) is 0 Å². The highest BCUT2D eigenvalue weighted by molar-refractivity contribution is 6.27. The lowest BCUT2D eigenvalue weighted by atomic mass is 9.54. The van der Waals surface area contributed by atoms with Gasteiger partial charge in [-0.2, -0.15) is 0 Å². The molecule has 1 saturated carbocycles. The summed E-state index contributed by atoms with van der Waals surface area (Å²) in [6.45, 7) is 0. The summed E-state index contributed by atoms with van der Waals surface area (Å²) < 4.78 is 8.84. The average molecular weight is 252 g/mol. The van der Waals surface area contributed by atoms with Gasteiger partial charge in [-0.3, -0.25) is 19.2 Å². The van der Waals surface area contributed by atoms with E-state index in [1.165, 1.54) is 0 Å². The van der Waals surface area contributed by atoms with Crippen LogP contribution < -0.4 is 0 Å². The molecule has 3 rings (SSSR count). The van der Waals surface area contributed by atoms with E-state index in [2.05, 4.69) is 9.47 Å². The second-order valence-electron chi connectivity index (χ2n) is 5.08. The van der Waals surface area contributed by atoms with E-state index in [1.54, 1.807) is 0 Å². The van der Waals surface area contributed by atoms with Gasteiger partial charge in [-0.25, -0.2) is 0 Å². The van der Waals surface area contributed by atoms with Crippen molar-refractivity contribution in [2.45, 2.75) is 38.5 Å². The Balaban J connectivity index is 2.11. The second kappa shape index (κ2) is 3.40. The molecule has 0 N–H and O–H groups in total. The molecular formula is C12H12O6.